The van der Waals surface area contributed by atoms with Crippen LogP contribution in [0, 0.1) is 0 Å². The normalized spacial score (nSPS) is 13.7. The van der Waals surface area contributed by atoms with E-state index >= 15 is 0 Å². The zero-order valence-electron chi connectivity index (χ0n) is 16.6. The zero-order valence-corrected chi connectivity index (χ0v) is 16.6. The molecule has 0 spiro atoms. The van der Waals surface area contributed by atoms with E-state index in [2.05, 4.69) is 35.8 Å². The second kappa shape index (κ2) is 7.25. The summed E-state index contributed by atoms with van der Waals surface area (Å²) < 4.78 is 5.72. The Bertz CT molecular complexity index is 1220. The van der Waals surface area contributed by atoms with Gasteiger partial charge in [-0.2, -0.15) is 0 Å². The number of aromatic nitrogens is 5. The molecule has 1 amide bonds. The Morgan fingerprint density at radius 2 is 2.10 bits per heavy atom. The minimum atomic E-state index is -0.169. The highest BCUT2D eigenvalue weighted by atomic mass is 16.4. The van der Waals surface area contributed by atoms with Crippen LogP contribution in [0.2, 0.25) is 0 Å². The molecule has 3 N–H and O–H groups in total. The molecule has 0 bridgehead atoms. The first-order chi connectivity index (χ1) is 14.6. The average molecular weight is 403 g/mol. The maximum atomic E-state index is 12.4. The fourth-order valence-electron chi connectivity index (χ4n) is 3.19. The van der Waals surface area contributed by atoms with E-state index < -0.39 is 0 Å². The van der Waals surface area contributed by atoms with Crippen LogP contribution in [-0.4, -0.2) is 43.1 Å². The number of hydrogen-bond acceptors (Lipinski definition) is 7. The highest BCUT2D eigenvalue weighted by molar-refractivity contribution is 5.97. The molecule has 9 nitrogen and oxygen atoms in total. The van der Waals surface area contributed by atoms with Crippen LogP contribution in [0.15, 0.2) is 41.1 Å². The summed E-state index contributed by atoms with van der Waals surface area (Å²) in [5, 5.41) is 15.1. The fourth-order valence-corrected chi connectivity index (χ4v) is 3.19. The van der Waals surface area contributed by atoms with Crippen LogP contribution in [0.4, 0.5) is 6.01 Å². The van der Waals surface area contributed by atoms with Crippen molar-refractivity contribution in [2.24, 2.45) is 0 Å². The number of rotatable bonds is 6. The number of anilines is 1. The maximum absolute atomic E-state index is 12.4. The van der Waals surface area contributed by atoms with Gasteiger partial charge in [0.15, 0.2) is 5.82 Å². The van der Waals surface area contributed by atoms with E-state index in [0.29, 0.717) is 23.4 Å². The van der Waals surface area contributed by atoms with Crippen LogP contribution in [-0.2, 0) is 0 Å². The first-order valence-electron chi connectivity index (χ1n) is 9.92. The van der Waals surface area contributed by atoms with E-state index in [1.165, 1.54) is 0 Å². The molecule has 1 aromatic carbocycles. The minimum Gasteiger partial charge on any atom is -0.403 e. The predicted octanol–water partition coefficient (Wildman–Crippen LogP) is 3.39. The van der Waals surface area contributed by atoms with Gasteiger partial charge in [0.05, 0.1) is 0 Å². The minimum absolute atomic E-state index is 0.169. The monoisotopic (exact) mass is 403 g/mol. The topological polar surface area (TPSA) is 122 Å². The number of nitrogens with zero attached hydrogens (tertiary/aromatic N) is 4. The molecule has 0 saturated heterocycles. The van der Waals surface area contributed by atoms with Crippen molar-refractivity contribution in [3.05, 3.63) is 42.4 Å². The van der Waals surface area contributed by atoms with E-state index in [0.717, 1.165) is 34.9 Å². The molecule has 0 unspecified atom stereocenters. The van der Waals surface area contributed by atoms with E-state index in [-0.39, 0.29) is 18.0 Å². The fraction of sp³-hybridized carbons (Fsp3) is 0.286. The standard InChI is InChI=1S/C21H21N7O2/c1-11(2)24-21-28-27-20(30-21)12-3-6-16-14(9-12)15(10-23-16)18-22-8-7-17(26-18)19(29)25-13-4-5-13/h3,6-11,13,23H,4-5H2,1-2H3,(H,24,28)(H,25,29). The van der Waals surface area contributed by atoms with Gasteiger partial charge in [0.1, 0.15) is 5.69 Å². The smallest absolute Gasteiger partial charge is 0.315 e. The number of amides is 1. The maximum Gasteiger partial charge on any atom is 0.315 e. The summed E-state index contributed by atoms with van der Waals surface area (Å²) in [6, 6.07) is 8.28. The van der Waals surface area contributed by atoms with Crippen LogP contribution < -0.4 is 10.6 Å². The number of fused-ring (bicyclic) bond motifs is 1. The molecule has 152 valence electrons. The molecule has 1 fully saturated rings. The number of nitrogens with one attached hydrogen (secondary N) is 3. The van der Waals surface area contributed by atoms with Crippen molar-refractivity contribution < 1.29 is 9.21 Å². The lowest BCUT2D eigenvalue weighted by atomic mass is 10.1. The van der Waals surface area contributed by atoms with Crippen molar-refractivity contribution in [3.63, 3.8) is 0 Å². The number of carbonyl (C=O) groups is 1. The van der Waals surface area contributed by atoms with Crippen LogP contribution in [0.25, 0.3) is 33.7 Å². The first-order valence-corrected chi connectivity index (χ1v) is 9.92. The lowest BCUT2D eigenvalue weighted by molar-refractivity contribution is 0.0946. The van der Waals surface area contributed by atoms with Crippen LogP contribution in [0.5, 0.6) is 0 Å². The largest absolute Gasteiger partial charge is 0.403 e. The van der Waals surface area contributed by atoms with Crippen LogP contribution >= 0.6 is 0 Å². The van der Waals surface area contributed by atoms with Crippen molar-refractivity contribution in [1.29, 1.82) is 0 Å². The summed E-state index contributed by atoms with van der Waals surface area (Å²) >= 11 is 0. The summed E-state index contributed by atoms with van der Waals surface area (Å²) in [6.45, 7) is 4.00. The lowest BCUT2D eigenvalue weighted by Gasteiger charge is -2.04. The molecule has 30 heavy (non-hydrogen) atoms. The molecule has 5 rings (SSSR count). The molecule has 0 aliphatic heterocycles. The second-order valence-corrected chi connectivity index (χ2v) is 7.69. The van der Waals surface area contributed by atoms with Crippen molar-refractivity contribution >= 4 is 22.8 Å². The van der Waals surface area contributed by atoms with Crippen LogP contribution in [0.1, 0.15) is 37.2 Å². The van der Waals surface area contributed by atoms with Crippen molar-refractivity contribution in [2.45, 2.75) is 38.8 Å². The molecule has 3 heterocycles. The summed E-state index contributed by atoms with van der Waals surface area (Å²) in [6.07, 6.45) is 5.50. The quantitative estimate of drug-likeness (QED) is 0.451. The van der Waals surface area contributed by atoms with Gasteiger partial charge >= 0.3 is 6.01 Å². The van der Waals surface area contributed by atoms with Gasteiger partial charge in [-0.15, -0.1) is 5.10 Å². The van der Waals surface area contributed by atoms with Gasteiger partial charge in [-0.25, -0.2) is 9.97 Å². The van der Waals surface area contributed by atoms with Gasteiger partial charge in [-0.05, 0) is 51.0 Å². The second-order valence-electron chi connectivity index (χ2n) is 7.69. The number of H-pyrrole nitrogens is 1. The van der Waals surface area contributed by atoms with E-state index in [1.54, 1.807) is 12.3 Å². The van der Waals surface area contributed by atoms with Crippen molar-refractivity contribution in [3.8, 4) is 22.8 Å². The van der Waals surface area contributed by atoms with E-state index in [4.69, 9.17) is 4.42 Å². The molecule has 9 heteroatoms. The molecule has 0 radical (unpaired) electrons. The molecule has 1 aliphatic carbocycles. The Morgan fingerprint density at radius 3 is 2.90 bits per heavy atom. The lowest BCUT2D eigenvalue weighted by Crippen LogP contribution is -2.26. The third-order valence-corrected chi connectivity index (χ3v) is 4.81. The summed E-state index contributed by atoms with van der Waals surface area (Å²) in [4.78, 5) is 24.4. The molecule has 3 aromatic heterocycles. The molecule has 4 aromatic rings. The summed E-state index contributed by atoms with van der Waals surface area (Å²) in [5.74, 6) is 0.734. The summed E-state index contributed by atoms with van der Waals surface area (Å²) in [5.41, 5.74) is 2.87. The van der Waals surface area contributed by atoms with E-state index in [9.17, 15) is 4.79 Å². The number of carbonyl (C=O) groups excluding carboxylic acids is 1. The Morgan fingerprint density at radius 1 is 1.23 bits per heavy atom. The third kappa shape index (κ3) is 3.61. The molecule has 1 saturated carbocycles. The van der Waals surface area contributed by atoms with Gasteiger partial charge in [0.2, 0.25) is 5.89 Å². The van der Waals surface area contributed by atoms with Gasteiger partial charge in [-0.3, -0.25) is 4.79 Å². The van der Waals surface area contributed by atoms with Gasteiger partial charge in [-0.1, -0.05) is 5.10 Å². The van der Waals surface area contributed by atoms with Gasteiger partial charge in [0.25, 0.3) is 5.91 Å². The average Bonchev–Trinajstić information content (AvgIpc) is 3.26. The molecule has 0 atom stereocenters. The Balaban J connectivity index is 1.49. The highest BCUT2D eigenvalue weighted by Crippen LogP contribution is 2.31. The highest BCUT2D eigenvalue weighted by Gasteiger charge is 2.24. The van der Waals surface area contributed by atoms with Gasteiger partial charge in [0, 0.05) is 46.5 Å². The van der Waals surface area contributed by atoms with Crippen molar-refractivity contribution in [1.82, 2.24) is 30.5 Å². The number of benzene rings is 1. The Hall–Kier alpha value is -3.75. The molecule has 1 aliphatic rings. The Kier molecular flexibility index (Phi) is 4.42. The summed E-state index contributed by atoms with van der Waals surface area (Å²) in [7, 11) is 0. The first kappa shape index (κ1) is 18.3. The van der Waals surface area contributed by atoms with Crippen molar-refractivity contribution in [2.75, 3.05) is 5.32 Å². The molecular formula is C21H21N7O2. The Labute approximate surface area is 172 Å². The predicted molar refractivity (Wildman–Crippen MR) is 112 cm³/mol. The van der Waals surface area contributed by atoms with E-state index in [1.807, 2.05) is 38.2 Å². The van der Waals surface area contributed by atoms with Crippen LogP contribution in [0.3, 0.4) is 0 Å². The number of aromatic amines is 1. The van der Waals surface area contributed by atoms with Gasteiger partial charge < -0.3 is 20.0 Å². The SMILES string of the molecule is CC(C)Nc1nnc(-c2ccc3[nH]cc(-c4nccc(C(=O)NC5CC5)n4)c3c2)o1. The zero-order chi connectivity index (χ0) is 20.7. The molecular weight excluding hydrogens is 382 g/mol. The number of hydrogen-bond donors (Lipinski definition) is 3. The third-order valence-electron chi connectivity index (χ3n) is 4.81.